The van der Waals surface area contributed by atoms with Crippen molar-refractivity contribution in [1.82, 2.24) is 0 Å². The van der Waals surface area contributed by atoms with Gasteiger partial charge >= 0.3 is 0 Å². The highest BCUT2D eigenvalue weighted by Gasteiger charge is 2.15. The van der Waals surface area contributed by atoms with E-state index in [1.807, 2.05) is 25.1 Å². The number of anilines is 1. The smallest absolute Gasteiger partial charge is 0.152 e. The topological polar surface area (TPSA) is 55.4 Å². The van der Waals surface area contributed by atoms with E-state index in [0.29, 0.717) is 6.61 Å². The van der Waals surface area contributed by atoms with E-state index in [-0.39, 0.29) is 17.5 Å². The van der Waals surface area contributed by atoms with Gasteiger partial charge in [0.1, 0.15) is 0 Å². The lowest BCUT2D eigenvalue weighted by atomic mass is 10.1. The third-order valence-electron chi connectivity index (χ3n) is 2.75. The minimum absolute atomic E-state index is 0.127. The van der Waals surface area contributed by atoms with Gasteiger partial charge in [-0.1, -0.05) is 28.9 Å². The number of methoxy groups -OCH3 is 1. The maximum absolute atomic E-state index is 11.6. The number of ether oxygens (including phenoxy) is 1. The zero-order valence-corrected chi connectivity index (χ0v) is 13.8. The van der Waals surface area contributed by atoms with Crippen molar-refractivity contribution < 1.29 is 13.2 Å². The van der Waals surface area contributed by atoms with Crippen LogP contribution in [0.25, 0.3) is 0 Å². The summed E-state index contributed by atoms with van der Waals surface area (Å²) in [6.07, 6.45) is 0. The monoisotopic (exact) mass is 349 g/mol. The molecule has 0 bridgehead atoms. The first kappa shape index (κ1) is 16.5. The van der Waals surface area contributed by atoms with Crippen LogP contribution in [0.3, 0.4) is 0 Å². The average molecular weight is 350 g/mol. The summed E-state index contributed by atoms with van der Waals surface area (Å²) in [5.74, 6) is 0.296. The molecule has 0 fully saturated rings. The van der Waals surface area contributed by atoms with Gasteiger partial charge in [-0.25, -0.2) is 8.42 Å². The lowest BCUT2D eigenvalue weighted by molar-refractivity contribution is 0.185. The van der Waals surface area contributed by atoms with Gasteiger partial charge in [-0.05, 0) is 19.1 Å². The molecule has 1 rings (SSSR count). The SMILES string of the molecule is CCS(=O)(=O)CC(C)Nc1cccc(Br)c1COC. The normalized spacial score (nSPS) is 13.3. The molecule has 4 nitrogen and oxygen atoms in total. The predicted molar refractivity (Wildman–Crippen MR) is 82.3 cm³/mol. The van der Waals surface area contributed by atoms with E-state index in [4.69, 9.17) is 4.74 Å². The Balaban J connectivity index is 2.85. The van der Waals surface area contributed by atoms with Crippen LogP contribution in [0.2, 0.25) is 0 Å². The number of halogens is 1. The zero-order valence-electron chi connectivity index (χ0n) is 11.4. The molecule has 0 heterocycles. The van der Waals surface area contributed by atoms with E-state index in [1.54, 1.807) is 14.0 Å². The fraction of sp³-hybridized carbons (Fsp3) is 0.538. The van der Waals surface area contributed by atoms with Crippen molar-refractivity contribution >= 4 is 31.5 Å². The molecule has 0 spiro atoms. The highest BCUT2D eigenvalue weighted by Crippen LogP contribution is 2.26. The molecule has 0 aliphatic carbocycles. The minimum Gasteiger partial charge on any atom is -0.381 e. The first-order valence-corrected chi connectivity index (χ1v) is 8.74. The maximum atomic E-state index is 11.6. The van der Waals surface area contributed by atoms with Gasteiger partial charge < -0.3 is 10.1 Å². The molecule has 108 valence electrons. The molecule has 0 saturated heterocycles. The molecule has 0 radical (unpaired) electrons. The second-order valence-electron chi connectivity index (χ2n) is 4.44. The van der Waals surface area contributed by atoms with Gasteiger partial charge in [-0.2, -0.15) is 0 Å². The minimum atomic E-state index is -2.98. The number of rotatable bonds is 7. The number of nitrogens with one attached hydrogen (secondary N) is 1. The second-order valence-corrected chi connectivity index (χ2v) is 7.70. The quantitative estimate of drug-likeness (QED) is 0.822. The van der Waals surface area contributed by atoms with Gasteiger partial charge in [0.15, 0.2) is 9.84 Å². The van der Waals surface area contributed by atoms with Crippen LogP contribution in [0.5, 0.6) is 0 Å². The Labute approximate surface area is 123 Å². The molecule has 0 aromatic heterocycles. The van der Waals surface area contributed by atoms with Crippen molar-refractivity contribution in [3.8, 4) is 0 Å². The maximum Gasteiger partial charge on any atom is 0.152 e. The summed E-state index contributed by atoms with van der Waals surface area (Å²) < 4.78 is 29.3. The van der Waals surface area contributed by atoms with Gasteiger partial charge in [0, 0.05) is 34.6 Å². The molecule has 0 aliphatic heterocycles. The highest BCUT2D eigenvalue weighted by molar-refractivity contribution is 9.10. The highest BCUT2D eigenvalue weighted by atomic mass is 79.9. The summed E-state index contributed by atoms with van der Waals surface area (Å²) in [6, 6.07) is 5.63. The van der Waals surface area contributed by atoms with E-state index in [2.05, 4.69) is 21.2 Å². The fourth-order valence-electron chi connectivity index (χ4n) is 1.79. The summed E-state index contributed by atoms with van der Waals surface area (Å²) in [7, 11) is -1.35. The van der Waals surface area contributed by atoms with Crippen LogP contribution in [-0.2, 0) is 21.2 Å². The Morgan fingerprint density at radius 2 is 2.11 bits per heavy atom. The Hall–Kier alpha value is -0.590. The third-order valence-corrected chi connectivity index (χ3v) is 5.38. The van der Waals surface area contributed by atoms with Gasteiger partial charge in [-0.3, -0.25) is 0 Å². The van der Waals surface area contributed by atoms with E-state index in [0.717, 1.165) is 15.7 Å². The standard InChI is InChI=1S/C13H20BrNO3S/c1-4-19(16,17)9-10(2)15-13-7-5-6-12(14)11(13)8-18-3/h5-7,10,15H,4,8-9H2,1-3H3. The van der Waals surface area contributed by atoms with Crippen molar-refractivity contribution in [3.05, 3.63) is 28.2 Å². The molecule has 1 unspecified atom stereocenters. The van der Waals surface area contributed by atoms with Crippen LogP contribution in [-0.4, -0.2) is 33.1 Å². The van der Waals surface area contributed by atoms with E-state index in [1.165, 1.54) is 0 Å². The Kier molecular flexibility index (Phi) is 6.29. The Morgan fingerprint density at radius 1 is 1.42 bits per heavy atom. The van der Waals surface area contributed by atoms with Crippen LogP contribution < -0.4 is 5.32 Å². The van der Waals surface area contributed by atoms with Crippen LogP contribution >= 0.6 is 15.9 Å². The van der Waals surface area contributed by atoms with Gasteiger partial charge in [0.2, 0.25) is 0 Å². The number of sulfone groups is 1. The van der Waals surface area contributed by atoms with Crippen LogP contribution in [0.1, 0.15) is 19.4 Å². The van der Waals surface area contributed by atoms with E-state index >= 15 is 0 Å². The second kappa shape index (κ2) is 7.26. The summed E-state index contributed by atoms with van der Waals surface area (Å²) in [5.41, 5.74) is 1.89. The summed E-state index contributed by atoms with van der Waals surface area (Å²) in [5, 5.41) is 3.24. The van der Waals surface area contributed by atoms with Crippen LogP contribution in [0, 0.1) is 0 Å². The predicted octanol–water partition coefficient (Wildman–Crippen LogP) is 2.83. The van der Waals surface area contributed by atoms with Crippen molar-refractivity contribution in [1.29, 1.82) is 0 Å². The van der Waals surface area contributed by atoms with E-state index in [9.17, 15) is 8.42 Å². The van der Waals surface area contributed by atoms with E-state index < -0.39 is 9.84 Å². The molecular formula is C13H20BrNO3S. The summed E-state index contributed by atoms with van der Waals surface area (Å²) in [6.45, 7) is 4.00. The van der Waals surface area contributed by atoms with Crippen LogP contribution in [0.15, 0.2) is 22.7 Å². The fourth-order valence-corrected chi connectivity index (χ4v) is 3.35. The Morgan fingerprint density at radius 3 is 2.68 bits per heavy atom. The molecule has 19 heavy (non-hydrogen) atoms. The van der Waals surface area contributed by atoms with Gasteiger partial charge in [-0.15, -0.1) is 0 Å². The molecule has 1 N–H and O–H groups in total. The molecule has 1 aromatic carbocycles. The molecule has 0 amide bonds. The number of hydrogen-bond donors (Lipinski definition) is 1. The molecule has 1 atom stereocenters. The molecular weight excluding hydrogens is 330 g/mol. The molecule has 0 aliphatic rings. The number of hydrogen-bond acceptors (Lipinski definition) is 4. The zero-order chi connectivity index (χ0) is 14.5. The van der Waals surface area contributed by atoms with Crippen molar-refractivity contribution in [2.75, 3.05) is 23.9 Å². The largest absolute Gasteiger partial charge is 0.381 e. The third kappa shape index (κ3) is 5.12. The first-order chi connectivity index (χ1) is 8.89. The molecule has 0 saturated carbocycles. The van der Waals surface area contributed by atoms with Crippen molar-refractivity contribution in [2.45, 2.75) is 26.5 Å². The van der Waals surface area contributed by atoms with Gasteiger partial charge in [0.25, 0.3) is 0 Å². The van der Waals surface area contributed by atoms with Crippen molar-refractivity contribution in [2.24, 2.45) is 0 Å². The molecule has 1 aromatic rings. The molecule has 6 heteroatoms. The van der Waals surface area contributed by atoms with Crippen molar-refractivity contribution in [3.63, 3.8) is 0 Å². The first-order valence-electron chi connectivity index (χ1n) is 6.13. The number of benzene rings is 1. The lowest BCUT2D eigenvalue weighted by Crippen LogP contribution is -2.27. The van der Waals surface area contributed by atoms with Crippen LogP contribution in [0.4, 0.5) is 5.69 Å². The van der Waals surface area contributed by atoms with Gasteiger partial charge in [0.05, 0.1) is 12.4 Å². The average Bonchev–Trinajstić information content (AvgIpc) is 2.33. The lowest BCUT2D eigenvalue weighted by Gasteiger charge is -2.18. The Bertz CT molecular complexity index is 517. The summed E-state index contributed by atoms with van der Waals surface area (Å²) >= 11 is 3.47. The summed E-state index contributed by atoms with van der Waals surface area (Å²) in [4.78, 5) is 0.